The van der Waals surface area contributed by atoms with Gasteiger partial charge < -0.3 is 14.8 Å². The van der Waals surface area contributed by atoms with Crippen LogP contribution < -0.4 is 14.8 Å². The van der Waals surface area contributed by atoms with E-state index in [0.29, 0.717) is 23.6 Å². The molecule has 0 bridgehead atoms. The highest BCUT2D eigenvalue weighted by Gasteiger charge is 2.10. The number of halogens is 2. The van der Waals surface area contributed by atoms with Gasteiger partial charge in [-0.3, -0.25) is 0 Å². The molecule has 3 nitrogen and oxygen atoms in total. The Morgan fingerprint density at radius 2 is 1.90 bits per heavy atom. The number of nitrogens with one attached hydrogen (secondary N) is 1. The molecule has 0 atom stereocenters. The van der Waals surface area contributed by atoms with E-state index >= 15 is 0 Å². The van der Waals surface area contributed by atoms with Crippen LogP contribution in [0.5, 0.6) is 11.5 Å². The first-order valence-corrected chi connectivity index (χ1v) is 7.25. The maximum absolute atomic E-state index is 13.5. The van der Waals surface area contributed by atoms with E-state index in [2.05, 4.69) is 21.2 Å². The van der Waals surface area contributed by atoms with Gasteiger partial charge in [-0.2, -0.15) is 0 Å². The van der Waals surface area contributed by atoms with Crippen molar-refractivity contribution in [2.45, 2.75) is 13.5 Å². The summed E-state index contributed by atoms with van der Waals surface area (Å²) in [4.78, 5) is 0. The van der Waals surface area contributed by atoms with Gasteiger partial charge in [-0.05, 0) is 58.2 Å². The third-order valence-electron chi connectivity index (χ3n) is 3.16. The quantitative estimate of drug-likeness (QED) is 0.856. The van der Waals surface area contributed by atoms with E-state index in [1.165, 1.54) is 6.07 Å². The van der Waals surface area contributed by atoms with Crippen LogP contribution in [0.4, 0.5) is 10.1 Å². The molecule has 0 radical (unpaired) electrons. The second-order valence-electron chi connectivity index (χ2n) is 4.63. The average molecular weight is 354 g/mol. The van der Waals surface area contributed by atoms with Crippen molar-refractivity contribution in [3.8, 4) is 11.5 Å². The third-order valence-corrected chi connectivity index (χ3v) is 3.75. The maximum atomic E-state index is 13.5. The molecule has 2 aromatic rings. The number of rotatable bonds is 5. The Hall–Kier alpha value is -1.75. The molecule has 0 amide bonds. The van der Waals surface area contributed by atoms with Crippen molar-refractivity contribution in [3.63, 3.8) is 0 Å². The second-order valence-corrected chi connectivity index (χ2v) is 5.49. The van der Waals surface area contributed by atoms with Crippen LogP contribution in [0.15, 0.2) is 34.8 Å². The van der Waals surface area contributed by atoms with Crippen molar-refractivity contribution in [1.82, 2.24) is 0 Å². The van der Waals surface area contributed by atoms with Crippen LogP contribution >= 0.6 is 15.9 Å². The van der Waals surface area contributed by atoms with Crippen molar-refractivity contribution in [2.75, 3.05) is 19.5 Å². The number of benzene rings is 2. The van der Waals surface area contributed by atoms with Gasteiger partial charge in [0.25, 0.3) is 0 Å². The Bertz CT molecular complexity index is 646. The fourth-order valence-electron chi connectivity index (χ4n) is 1.98. The zero-order valence-electron chi connectivity index (χ0n) is 12.2. The Labute approximate surface area is 132 Å². The Morgan fingerprint density at radius 1 is 1.14 bits per heavy atom. The topological polar surface area (TPSA) is 30.5 Å². The van der Waals surface area contributed by atoms with E-state index in [1.807, 2.05) is 18.2 Å². The SMILES string of the molecule is COc1cc(CNc2ccc(C)c(F)c2)cc(Br)c1OC. The van der Waals surface area contributed by atoms with Gasteiger partial charge in [-0.25, -0.2) is 4.39 Å². The van der Waals surface area contributed by atoms with Crippen LogP contribution in [0.25, 0.3) is 0 Å². The van der Waals surface area contributed by atoms with Gasteiger partial charge in [-0.1, -0.05) is 6.07 Å². The van der Waals surface area contributed by atoms with Crippen molar-refractivity contribution < 1.29 is 13.9 Å². The standard InChI is InChI=1S/C16H17BrFNO2/c1-10-4-5-12(8-14(10)18)19-9-11-6-13(17)16(21-3)15(7-11)20-2/h4-8,19H,9H2,1-3H3. The van der Waals surface area contributed by atoms with Crippen molar-refractivity contribution >= 4 is 21.6 Å². The van der Waals surface area contributed by atoms with Gasteiger partial charge in [0.15, 0.2) is 11.5 Å². The van der Waals surface area contributed by atoms with Crippen LogP contribution in [-0.4, -0.2) is 14.2 Å². The number of aryl methyl sites for hydroxylation is 1. The Kier molecular flexibility index (Phi) is 5.07. The Morgan fingerprint density at radius 3 is 2.52 bits per heavy atom. The van der Waals surface area contributed by atoms with Crippen LogP contribution in [0.2, 0.25) is 0 Å². The van der Waals surface area contributed by atoms with Gasteiger partial charge >= 0.3 is 0 Å². The summed E-state index contributed by atoms with van der Waals surface area (Å²) in [7, 11) is 3.19. The summed E-state index contributed by atoms with van der Waals surface area (Å²) >= 11 is 3.45. The molecule has 0 aromatic heterocycles. The van der Waals surface area contributed by atoms with Gasteiger partial charge in [0.1, 0.15) is 5.82 Å². The minimum absolute atomic E-state index is 0.214. The highest BCUT2D eigenvalue weighted by atomic mass is 79.9. The number of anilines is 1. The zero-order chi connectivity index (χ0) is 15.4. The van der Waals surface area contributed by atoms with Crippen LogP contribution in [0.3, 0.4) is 0 Å². The van der Waals surface area contributed by atoms with Crippen LogP contribution in [0, 0.1) is 12.7 Å². The van der Waals surface area contributed by atoms with Crippen LogP contribution in [-0.2, 0) is 6.54 Å². The van der Waals surface area contributed by atoms with E-state index in [0.717, 1.165) is 15.7 Å². The number of methoxy groups -OCH3 is 2. The summed E-state index contributed by atoms with van der Waals surface area (Å²) in [5.74, 6) is 1.09. The summed E-state index contributed by atoms with van der Waals surface area (Å²) in [6.45, 7) is 2.30. The maximum Gasteiger partial charge on any atom is 0.174 e. The van der Waals surface area contributed by atoms with E-state index < -0.39 is 0 Å². The lowest BCUT2D eigenvalue weighted by molar-refractivity contribution is 0.352. The molecule has 0 aliphatic carbocycles. The highest BCUT2D eigenvalue weighted by molar-refractivity contribution is 9.10. The molecule has 2 aromatic carbocycles. The first-order valence-electron chi connectivity index (χ1n) is 6.45. The van der Waals surface area contributed by atoms with E-state index in [-0.39, 0.29) is 5.82 Å². The van der Waals surface area contributed by atoms with Gasteiger partial charge in [-0.15, -0.1) is 0 Å². The lowest BCUT2D eigenvalue weighted by atomic mass is 10.1. The number of hydrogen-bond acceptors (Lipinski definition) is 3. The Balaban J connectivity index is 2.16. The summed E-state index contributed by atoms with van der Waals surface area (Å²) in [5.41, 5.74) is 2.37. The summed E-state index contributed by atoms with van der Waals surface area (Å²) in [6.07, 6.45) is 0. The smallest absolute Gasteiger partial charge is 0.174 e. The monoisotopic (exact) mass is 353 g/mol. The average Bonchev–Trinajstić information content (AvgIpc) is 2.47. The predicted molar refractivity (Wildman–Crippen MR) is 85.7 cm³/mol. The first kappa shape index (κ1) is 15.6. The lowest BCUT2D eigenvalue weighted by Crippen LogP contribution is -2.01. The largest absolute Gasteiger partial charge is 0.493 e. The minimum Gasteiger partial charge on any atom is -0.493 e. The molecule has 0 heterocycles. The molecule has 0 spiro atoms. The molecule has 0 aliphatic heterocycles. The minimum atomic E-state index is -0.214. The molecule has 21 heavy (non-hydrogen) atoms. The van der Waals surface area contributed by atoms with E-state index in [9.17, 15) is 4.39 Å². The molecule has 112 valence electrons. The second kappa shape index (κ2) is 6.80. The molecule has 0 saturated heterocycles. The molecule has 1 N–H and O–H groups in total. The van der Waals surface area contributed by atoms with E-state index in [1.54, 1.807) is 27.2 Å². The molecule has 0 saturated carbocycles. The zero-order valence-corrected chi connectivity index (χ0v) is 13.8. The van der Waals surface area contributed by atoms with Crippen molar-refractivity contribution in [3.05, 3.63) is 51.7 Å². The van der Waals surface area contributed by atoms with Gasteiger partial charge in [0, 0.05) is 12.2 Å². The van der Waals surface area contributed by atoms with Crippen molar-refractivity contribution in [1.29, 1.82) is 0 Å². The third kappa shape index (κ3) is 3.67. The first-order chi connectivity index (χ1) is 10.0. The molecular formula is C16H17BrFNO2. The summed E-state index contributed by atoms with van der Waals surface area (Å²) in [6, 6.07) is 8.93. The number of ether oxygens (including phenoxy) is 2. The molecule has 0 unspecified atom stereocenters. The lowest BCUT2D eigenvalue weighted by Gasteiger charge is -2.13. The molecule has 2 rings (SSSR count). The predicted octanol–water partition coefficient (Wildman–Crippen LogP) is 4.53. The molecular weight excluding hydrogens is 337 g/mol. The fraction of sp³-hybridized carbons (Fsp3) is 0.250. The van der Waals surface area contributed by atoms with Crippen molar-refractivity contribution in [2.24, 2.45) is 0 Å². The summed E-state index contributed by atoms with van der Waals surface area (Å²) in [5, 5.41) is 3.19. The van der Waals surface area contributed by atoms with Crippen LogP contribution in [0.1, 0.15) is 11.1 Å². The van der Waals surface area contributed by atoms with E-state index in [4.69, 9.17) is 9.47 Å². The molecule has 0 aliphatic rings. The number of hydrogen-bond donors (Lipinski definition) is 1. The fourth-order valence-corrected chi connectivity index (χ4v) is 2.63. The highest BCUT2D eigenvalue weighted by Crippen LogP contribution is 2.36. The molecule has 5 heteroatoms. The summed E-state index contributed by atoms with van der Waals surface area (Å²) < 4.78 is 24.9. The normalized spacial score (nSPS) is 10.3. The van der Waals surface area contributed by atoms with Gasteiger partial charge in [0.05, 0.1) is 18.7 Å². The van der Waals surface area contributed by atoms with Gasteiger partial charge in [0.2, 0.25) is 0 Å². The molecule has 0 fully saturated rings.